The molecule has 122 valence electrons. The highest BCUT2D eigenvalue weighted by Crippen LogP contribution is 2.23. The summed E-state index contributed by atoms with van der Waals surface area (Å²) in [6, 6.07) is 8.21. The first-order valence-corrected chi connectivity index (χ1v) is 7.97. The number of thiophene rings is 1. The summed E-state index contributed by atoms with van der Waals surface area (Å²) in [5.74, 6) is -0.347. The lowest BCUT2D eigenvalue weighted by atomic mass is 10.1. The predicted octanol–water partition coefficient (Wildman–Crippen LogP) is 2.21. The van der Waals surface area contributed by atoms with Gasteiger partial charge in [-0.2, -0.15) is 5.10 Å². The van der Waals surface area contributed by atoms with E-state index in [4.69, 9.17) is 0 Å². The average Bonchev–Trinajstić information content (AvgIpc) is 3.28. The summed E-state index contributed by atoms with van der Waals surface area (Å²) in [6.45, 7) is 0.470. The molecular formula is C15H13N5O3S. The minimum Gasteiger partial charge on any atom is -0.352 e. The molecular weight excluding hydrogens is 330 g/mol. The predicted molar refractivity (Wildman–Crippen MR) is 88.4 cm³/mol. The molecule has 8 nitrogen and oxygen atoms in total. The van der Waals surface area contributed by atoms with Crippen molar-refractivity contribution in [3.05, 3.63) is 68.9 Å². The molecule has 3 rings (SSSR count). The number of rotatable bonds is 6. The van der Waals surface area contributed by atoms with Crippen LogP contribution in [0, 0.1) is 10.1 Å². The van der Waals surface area contributed by atoms with Gasteiger partial charge in [0, 0.05) is 23.1 Å². The van der Waals surface area contributed by atoms with Crippen molar-refractivity contribution < 1.29 is 9.72 Å². The van der Waals surface area contributed by atoms with Crippen molar-refractivity contribution in [3.8, 4) is 5.69 Å². The number of carbonyl (C=O) groups excluding carboxylic acids is 1. The first-order valence-electron chi connectivity index (χ1n) is 7.09. The molecule has 2 aromatic heterocycles. The van der Waals surface area contributed by atoms with E-state index in [-0.39, 0.29) is 22.8 Å². The van der Waals surface area contributed by atoms with E-state index in [1.165, 1.54) is 40.4 Å². The zero-order valence-corrected chi connectivity index (χ0v) is 13.3. The van der Waals surface area contributed by atoms with E-state index >= 15 is 0 Å². The number of nitro benzene ring substituents is 1. The Balaban J connectivity index is 1.74. The van der Waals surface area contributed by atoms with Crippen molar-refractivity contribution in [1.29, 1.82) is 0 Å². The molecule has 0 aliphatic heterocycles. The minimum absolute atomic E-state index is 0.202. The Hall–Kier alpha value is -3.07. The SMILES string of the molecule is O=C(NCCc1cccs1)c1ccc(-n2cncn2)c([N+](=O)[O-])c1. The van der Waals surface area contributed by atoms with E-state index in [9.17, 15) is 14.9 Å². The Kier molecular flexibility index (Phi) is 4.62. The molecule has 0 aliphatic carbocycles. The number of benzene rings is 1. The third-order valence-electron chi connectivity index (χ3n) is 3.34. The highest BCUT2D eigenvalue weighted by atomic mass is 32.1. The number of nitrogens with one attached hydrogen (secondary N) is 1. The van der Waals surface area contributed by atoms with E-state index in [1.54, 1.807) is 11.3 Å². The first-order chi connectivity index (χ1) is 11.6. The number of hydrogen-bond acceptors (Lipinski definition) is 6. The molecule has 0 atom stereocenters. The molecule has 1 N–H and O–H groups in total. The third-order valence-corrected chi connectivity index (χ3v) is 4.27. The Bertz CT molecular complexity index is 846. The summed E-state index contributed by atoms with van der Waals surface area (Å²) in [7, 11) is 0. The van der Waals surface area contributed by atoms with Crippen LogP contribution >= 0.6 is 11.3 Å². The Morgan fingerprint density at radius 3 is 2.92 bits per heavy atom. The average molecular weight is 343 g/mol. The maximum atomic E-state index is 12.2. The van der Waals surface area contributed by atoms with Crippen molar-refractivity contribution in [2.24, 2.45) is 0 Å². The molecule has 24 heavy (non-hydrogen) atoms. The highest BCUT2D eigenvalue weighted by molar-refractivity contribution is 7.09. The fourth-order valence-corrected chi connectivity index (χ4v) is 2.90. The van der Waals surface area contributed by atoms with Crippen LogP contribution in [0.15, 0.2) is 48.4 Å². The van der Waals surface area contributed by atoms with E-state index in [1.807, 2.05) is 17.5 Å². The Labute approximate surface area is 140 Å². The topological polar surface area (TPSA) is 103 Å². The number of carbonyl (C=O) groups is 1. The van der Waals surface area contributed by atoms with Crippen LogP contribution in [0.1, 0.15) is 15.2 Å². The lowest BCUT2D eigenvalue weighted by Crippen LogP contribution is -2.25. The summed E-state index contributed by atoms with van der Waals surface area (Å²) in [5, 5.41) is 19.9. The van der Waals surface area contributed by atoms with Gasteiger partial charge in [0.15, 0.2) is 0 Å². The third kappa shape index (κ3) is 3.46. The van der Waals surface area contributed by atoms with Crippen molar-refractivity contribution >= 4 is 22.9 Å². The lowest BCUT2D eigenvalue weighted by Gasteiger charge is -2.07. The standard InChI is InChI=1S/C15H13N5O3S/c21-15(17-6-5-12-2-1-7-24-12)11-3-4-13(14(8-11)20(22)23)19-10-16-9-18-19/h1-4,7-10H,5-6H2,(H,17,21). The molecule has 0 saturated heterocycles. The van der Waals surface area contributed by atoms with Crippen LogP contribution in [-0.2, 0) is 6.42 Å². The molecule has 0 fully saturated rings. The van der Waals surface area contributed by atoms with E-state index in [0.717, 1.165) is 6.42 Å². The van der Waals surface area contributed by atoms with Crippen LogP contribution in [0.5, 0.6) is 0 Å². The van der Waals surface area contributed by atoms with Crippen LogP contribution in [-0.4, -0.2) is 32.1 Å². The quantitative estimate of drug-likeness (QED) is 0.546. The maximum Gasteiger partial charge on any atom is 0.295 e. The summed E-state index contributed by atoms with van der Waals surface area (Å²) in [4.78, 5) is 27.9. The van der Waals surface area contributed by atoms with Gasteiger partial charge in [-0.15, -0.1) is 11.3 Å². The van der Waals surface area contributed by atoms with E-state index in [2.05, 4.69) is 15.4 Å². The fraction of sp³-hybridized carbons (Fsp3) is 0.133. The molecule has 0 radical (unpaired) electrons. The first kappa shape index (κ1) is 15.8. The van der Waals surface area contributed by atoms with Gasteiger partial charge >= 0.3 is 0 Å². The Morgan fingerprint density at radius 2 is 2.25 bits per heavy atom. The minimum atomic E-state index is -0.542. The van der Waals surface area contributed by atoms with Crippen LogP contribution in [0.3, 0.4) is 0 Å². The summed E-state index contributed by atoms with van der Waals surface area (Å²) < 4.78 is 1.29. The van der Waals surface area contributed by atoms with Gasteiger partial charge in [-0.05, 0) is 30.0 Å². The molecule has 1 amide bonds. The van der Waals surface area contributed by atoms with E-state index in [0.29, 0.717) is 6.54 Å². The number of aromatic nitrogens is 3. The van der Waals surface area contributed by atoms with Crippen LogP contribution in [0.4, 0.5) is 5.69 Å². The number of hydrogen-bond donors (Lipinski definition) is 1. The normalized spacial score (nSPS) is 10.5. The summed E-state index contributed by atoms with van der Waals surface area (Å²) in [6.07, 6.45) is 3.38. The highest BCUT2D eigenvalue weighted by Gasteiger charge is 2.19. The van der Waals surface area contributed by atoms with Crippen LogP contribution in [0.25, 0.3) is 5.69 Å². The van der Waals surface area contributed by atoms with Gasteiger partial charge in [-0.1, -0.05) is 6.07 Å². The lowest BCUT2D eigenvalue weighted by molar-refractivity contribution is -0.384. The molecule has 1 aromatic carbocycles. The van der Waals surface area contributed by atoms with Crippen LogP contribution < -0.4 is 5.32 Å². The van der Waals surface area contributed by atoms with Gasteiger partial charge < -0.3 is 5.32 Å². The molecule has 3 aromatic rings. The van der Waals surface area contributed by atoms with Gasteiger partial charge in [0.25, 0.3) is 11.6 Å². The van der Waals surface area contributed by atoms with Crippen molar-refractivity contribution in [1.82, 2.24) is 20.1 Å². The van der Waals surface area contributed by atoms with Gasteiger partial charge in [0.1, 0.15) is 18.3 Å². The van der Waals surface area contributed by atoms with Gasteiger partial charge in [-0.3, -0.25) is 14.9 Å². The maximum absolute atomic E-state index is 12.2. The zero-order valence-electron chi connectivity index (χ0n) is 12.5. The fourth-order valence-electron chi connectivity index (χ4n) is 2.19. The number of amides is 1. The number of nitrogens with zero attached hydrogens (tertiary/aromatic N) is 4. The summed E-state index contributed by atoms with van der Waals surface area (Å²) >= 11 is 1.62. The second kappa shape index (κ2) is 7.01. The molecule has 0 bridgehead atoms. The molecule has 0 unspecified atom stereocenters. The number of nitro groups is 1. The largest absolute Gasteiger partial charge is 0.352 e. The van der Waals surface area contributed by atoms with E-state index < -0.39 is 4.92 Å². The summed E-state index contributed by atoms with van der Waals surface area (Å²) in [5.41, 5.74) is 0.288. The second-order valence-corrected chi connectivity index (χ2v) is 5.92. The van der Waals surface area contributed by atoms with Gasteiger partial charge in [0.05, 0.1) is 4.92 Å². The van der Waals surface area contributed by atoms with Crippen LogP contribution in [0.2, 0.25) is 0 Å². The molecule has 9 heteroatoms. The molecule has 0 spiro atoms. The van der Waals surface area contributed by atoms with Gasteiger partial charge in [0.2, 0.25) is 0 Å². The molecule has 0 saturated carbocycles. The Morgan fingerprint density at radius 1 is 1.38 bits per heavy atom. The van der Waals surface area contributed by atoms with Gasteiger partial charge in [-0.25, -0.2) is 9.67 Å². The second-order valence-electron chi connectivity index (χ2n) is 4.89. The molecule has 0 aliphatic rings. The molecule has 2 heterocycles. The smallest absolute Gasteiger partial charge is 0.295 e. The van der Waals surface area contributed by atoms with Crippen molar-refractivity contribution in [2.45, 2.75) is 6.42 Å². The monoisotopic (exact) mass is 343 g/mol. The zero-order chi connectivity index (χ0) is 16.9. The van der Waals surface area contributed by atoms with Crippen molar-refractivity contribution in [3.63, 3.8) is 0 Å². The van der Waals surface area contributed by atoms with Crippen molar-refractivity contribution in [2.75, 3.05) is 6.54 Å².